The van der Waals surface area contributed by atoms with Crippen LogP contribution in [-0.2, 0) is 17.8 Å². The van der Waals surface area contributed by atoms with Gasteiger partial charge in [0.25, 0.3) is 0 Å². The summed E-state index contributed by atoms with van der Waals surface area (Å²) in [7, 11) is 0. The Morgan fingerprint density at radius 2 is 1.82 bits per heavy atom. The molecule has 2 aromatic carbocycles. The second-order valence-electron chi connectivity index (χ2n) is 7.61. The third-order valence-electron chi connectivity index (χ3n) is 5.61. The van der Waals surface area contributed by atoms with Gasteiger partial charge in [-0.05, 0) is 42.7 Å². The molecule has 1 fully saturated rings. The van der Waals surface area contributed by atoms with Gasteiger partial charge in [-0.1, -0.05) is 59.5 Å². The van der Waals surface area contributed by atoms with E-state index in [2.05, 4.69) is 68.3 Å². The summed E-state index contributed by atoms with van der Waals surface area (Å²) in [6.45, 7) is 1.42. The number of benzene rings is 2. The van der Waals surface area contributed by atoms with Gasteiger partial charge < -0.3 is 9.88 Å². The standard InChI is InChI=1S/C23H26BrN3O/c24-19-12-10-17(11-13-19)16-27-21-9-5-4-8-20(21)26-22(27)14-15-25-23(28)18-6-2-1-3-7-18/h4-5,8-13,18H,1-3,6-7,14-16H2,(H,25,28). The van der Waals surface area contributed by atoms with Crippen LogP contribution in [0.2, 0.25) is 0 Å². The first-order chi connectivity index (χ1) is 13.7. The molecule has 0 radical (unpaired) electrons. The van der Waals surface area contributed by atoms with E-state index in [-0.39, 0.29) is 11.8 Å². The molecule has 1 aliphatic rings. The molecule has 0 saturated heterocycles. The molecule has 5 heteroatoms. The molecule has 0 aliphatic heterocycles. The first-order valence-electron chi connectivity index (χ1n) is 10.2. The van der Waals surface area contributed by atoms with Crippen LogP contribution < -0.4 is 5.32 Å². The largest absolute Gasteiger partial charge is 0.355 e. The molecule has 4 rings (SSSR count). The molecule has 1 aliphatic carbocycles. The van der Waals surface area contributed by atoms with E-state index in [1.807, 2.05) is 6.07 Å². The van der Waals surface area contributed by atoms with Crippen molar-refractivity contribution in [3.63, 3.8) is 0 Å². The topological polar surface area (TPSA) is 46.9 Å². The second-order valence-corrected chi connectivity index (χ2v) is 8.52. The highest BCUT2D eigenvalue weighted by Crippen LogP contribution is 2.24. The zero-order valence-electron chi connectivity index (χ0n) is 16.0. The Morgan fingerprint density at radius 1 is 1.07 bits per heavy atom. The molecule has 1 N–H and O–H groups in total. The van der Waals surface area contributed by atoms with Crippen LogP contribution in [0.4, 0.5) is 0 Å². The number of halogens is 1. The minimum Gasteiger partial charge on any atom is -0.355 e. The predicted molar refractivity (Wildman–Crippen MR) is 116 cm³/mol. The van der Waals surface area contributed by atoms with E-state index in [4.69, 9.17) is 4.98 Å². The minimum absolute atomic E-state index is 0.204. The number of para-hydroxylation sites is 2. The molecular formula is C23H26BrN3O. The van der Waals surface area contributed by atoms with E-state index in [0.29, 0.717) is 6.54 Å². The number of hydrogen-bond acceptors (Lipinski definition) is 2. The zero-order chi connectivity index (χ0) is 19.3. The van der Waals surface area contributed by atoms with Crippen molar-refractivity contribution in [3.05, 3.63) is 64.4 Å². The number of nitrogens with one attached hydrogen (secondary N) is 1. The fraction of sp³-hybridized carbons (Fsp3) is 0.391. The van der Waals surface area contributed by atoms with Gasteiger partial charge in [-0.25, -0.2) is 4.98 Å². The van der Waals surface area contributed by atoms with Crippen molar-refractivity contribution >= 4 is 32.9 Å². The highest BCUT2D eigenvalue weighted by atomic mass is 79.9. The molecule has 1 amide bonds. The molecule has 146 valence electrons. The monoisotopic (exact) mass is 439 g/mol. The molecule has 28 heavy (non-hydrogen) atoms. The Bertz CT molecular complexity index is 942. The molecule has 0 unspecified atom stereocenters. The Hall–Kier alpha value is -2.14. The van der Waals surface area contributed by atoms with Gasteiger partial charge in [0.05, 0.1) is 11.0 Å². The van der Waals surface area contributed by atoms with E-state index in [0.717, 1.165) is 47.1 Å². The molecule has 0 bridgehead atoms. The summed E-state index contributed by atoms with van der Waals surface area (Å²) in [6.07, 6.45) is 6.44. The molecule has 3 aromatic rings. The number of fused-ring (bicyclic) bond motifs is 1. The van der Waals surface area contributed by atoms with E-state index in [9.17, 15) is 4.79 Å². The maximum Gasteiger partial charge on any atom is 0.223 e. The van der Waals surface area contributed by atoms with E-state index >= 15 is 0 Å². The fourth-order valence-electron chi connectivity index (χ4n) is 4.07. The van der Waals surface area contributed by atoms with Crippen LogP contribution in [-0.4, -0.2) is 22.0 Å². The van der Waals surface area contributed by atoms with Gasteiger partial charge in [-0.3, -0.25) is 4.79 Å². The van der Waals surface area contributed by atoms with Crippen molar-refractivity contribution in [1.29, 1.82) is 0 Å². The van der Waals surface area contributed by atoms with Crippen molar-refractivity contribution in [3.8, 4) is 0 Å². The van der Waals surface area contributed by atoms with E-state index in [1.54, 1.807) is 0 Å². The first kappa shape index (κ1) is 19.2. The Labute approximate surface area is 174 Å². The van der Waals surface area contributed by atoms with Crippen LogP contribution in [0.5, 0.6) is 0 Å². The Balaban J connectivity index is 1.48. The Kier molecular flexibility index (Phi) is 6.10. The van der Waals surface area contributed by atoms with E-state index < -0.39 is 0 Å². The number of aromatic nitrogens is 2. The molecule has 0 spiro atoms. The quantitative estimate of drug-likeness (QED) is 0.581. The van der Waals surface area contributed by atoms with Crippen LogP contribution in [0.1, 0.15) is 43.5 Å². The maximum atomic E-state index is 12.4. The van der Waals surface area contributed by atoms with Gasteiger partial charge in [-0.15, -0.1) is 0 Å². The normalized spacial score (nSPS) is 15.0. The predicted octanol–water partition coefficient (Wildman–Crippen LogP) is 5.09. The third kappa shape index (κ3) is 4.46. The SMILES string of the molecule is O=C(NCCc1nc2ccccc2n1Cc1ccc(Br)cc1)C1CCCCC1. The molecular weight excluding hydrogens is 414 g/mol. The zero-order valence-corrected chi connectivity index (χ0v) is 17.6. The maximum absolute atomic E-state index is 12.4. The van der Waals surface area contributed by atoms with Crippen molar-refractivity contribution in [2.75, 3.05) is 6.54 Å². The number of carbonyl (C=O) groups is 1. The smallest absolute Gasteiger partial charge is 0.223 e. The van der Waals surface area contributed by atoms with Crippen LogP contribution in [0.15, 0.2) is 53.0 Å². The highest BCUT2D eigenvalue weighted by molar-refractivity contribution is 9.10. The summed E-state index contributed by atoms with van der Waals surface area (Å²) in [5.74, 6) is 1.44. The highest BCUT2D eigenvalue weighted by Gasteiger charge is 2.20. The van der Waals surface area contributed by atoms with Gasteiger partial charge in [0.1, 0.15) is 5.82 Å². The van der Waals surface area contributed by atoms with Gasteiger partial charge in [0.2, 0.25) is 5.91 Å². The molecule has 1 aromatic heterocycles. The number of nitrogens with zero attached hydrogens (tertiary/aromatic N) is 2. The van der Waals surface area contributed by atoms with Gasteiger partial charge in [-0.2, -0.15) is 0 Å². The summed E-state index contributed by atoms with van der Waals surface area (Å²) in [4.78, 5) is 17.3. The van der Waals surface area contributed by atoms with Gasteiger partial charge in [0, 0.05) is 29.9 Å². The average Bonchev–Trinajstić information content (AvgIpc) is 3.07. The van der Waals surface area contributed by atoms with E-state index in [1.165, 1.54) is 24.8 Å². The van der Waals surface area contributed by atoms with Crippen molar-refractivity contribution in [1.82, 2.24) is 14.9 Å². The van der Waals surface area contributed by atoms with Crippen molar-refractivity contribution in [2.24, 2.45) is 5.92 Å². The minimum atomic E-state index is 0.204. The Morgan fingerprint density at radius 3 is 2.61 bits per heavy atom. The third-order valence-corrected chi connectivity index (χ3v) is 6.14. The van der Waals surface area contributed by atoms with Crippen molar-refractivity contribution < 1.29 is 4.79 Å². The van der Waals surface area contributed by atoms with Crippen LogP contribution in [0.3, 0.4) is 0 Å². The lowest BCUT2D eigenvalue weighted by molar-refractivity contribution is -0.125. The average molecular weight is 440 g/mol. The number of imidazole rings is 1. The number of carbonyl (C=O) groups excluding carboxylic acids is 1. The lowest BCUT2D eigenvalue weighted by atomic mass is 9.89. The number of hydrogen-bond donors (Lipinski definition) is 1. The van der Waals surface area contributed by atoms with Gasteiger partial charge in [0.15, 0.2) is 0 Å². The first-order valence-corrected chi connectivity index (χ1v) is 11.0. The fourth-order valence-corrected chi connectivity index (χ4v) is 4.34. The lowest BCUT2D eigenvalue weighted by Crippen LogP contribution is -2.33. The van der Waals surface area contributed by atoms with Crippen LogP contribution in [0, 0.1) is 5.92 Å². The summed E-state index contributed by atoms with van der Waals surface area (Å²) < 4.78 is 3.35. The van der Waals surface area contributed by atoms with Gasteiger partial charge >= 0.3 is 0 Å². The summed E-state index contributed by atoms with van der Waals surface area (Å²) >= 11 is 3.50. The van der Waals surface area contributed by atoms with Crippen LogP contribution in [0.25, 0.3) is 11.0 Å². The lowest BCUT2D eigenvalue weighted by Gasteiger charge is -2.20. The number of amides is 1. The molecule has 4 nitrogen and oxygen atoms in total. The summed E-state index contributed by atoms with van der Waals surface area (Å²) in [5.41, 5.74) is 3.38. The van der Waals surface area contributed by atoms with Crippen LogP contribution >= 0.6 is 15.9 Å². The molecule has 0 atom stereocenters. The molecule has 1 saturated carbocycles. The molecule has 1 heterocycles. The van der Waals surface area contributed by atoms with Crippen molar-refractivity contribution in [2.45, 2.75) is 45.1 Å². The number of rotatable bonds is 6. The second kappa shape index (κ2) is 8.91. The summed E-state index contributed by atoms with van der Waals surface area (Å²) in [6, 6.07) is 16.6. The summed E-state index contributed by atoms with van der Waals surface area (Å²) in [5, 5.41) is 3.15.